The Morgan fingerprint density at radius 1 is 1.53 bits per heavy atom. The second-order valence-electron chi connectivity index (χ2n) is 3.59. The molecule has 0 atom stereocenters. The Labute approximate surface area is 109 Å². The number of amides is 1. The Morgan fingerprint density at radius 3 is 3.00 bits per heavy atom. The van der Waals surface area contributed by atoms with Crippen molar-refractivity contribution in [2.45, 2.75) is 0 Å². The first kappa shape index (κ1) is 12.8. The number of H-pyrrole nitrogens is 1. The van der Waals surface area contributed by atoms with Crippen LogP contribution in [0.3, 0.4) is 0 Å². The summed E-state index contributed by atoms with van der Waals surface area (Å²) in [7, 11) is 0. The lowest BCUT2D eigenvalue weighted by Gasteiger charge is -2.03. The van der Waals surface area contributed by atoms with Crippen LogP contribution in [0.1, 0.15) is 15.9 Å². The van der Waals surface area contributed by atoms with Crippen molar-refractivity contribution in [3.63, 3.8) is 0 Å². The molecule has 0 aliphatic carbocycles. The minimum absolute atomic E-state index is 0.0744. The van der Waals surface area contributed by atoms with Gasteiger partial charge in [-0.15, -0.1) is 0 Å². The third kappa shape index (κ3) is 3.18. The van der Waals surface area contributed by atoms with Crippen LogP contribution in [0.2, 0.25) is 0 Å². The number of nitrogens with zero attached hydrogens (tertiary/aromatic N) is 1. The molecule has 0 bridgehead atoms. The number of anilines is 1. The Kier molecular flexibility index (Phi) is 3.90. The molecule has 19 heavy (non-hydrogen) atoms. The molecule has 0 saturated carbocycles. The molecule has 0 unspecified atom stereocenters. The number of nitrogens with one attached hydrogen (secondary N) is 2. The number of hydrogen-bond donors (Lipinski definition) is 3. The summed E-state index contributed by atoms with van der Waals surface area (Å²) in [4.78, 5) is 18.3. The summed E-state index contributed by atoms with van der Waals surface area (Å²) in [6.45, 7) is 0.197. The number of aromatic amines is 1. The number of aromatic nitrogens is 2. The molecule has 0 spiro atoms. The lowest BCUT2D eigenvalue weighted by Crippen LogP contribution is -2.14. The summed E-state index contributed by atoms with van der Waals surface area (Å²) in [5.41, 5.74) is 5.62. The number of carbonyl (C=O) groups is 1. The van der Waals surface area contributed by atoms with Gasteiger partial charge in [0.25, 0.3) is 5.91 Å². The normalized spacial score (nSPS) is 9.58. The molecule has 2 aromatic rings. The first-order valence-corrected chi connectivity index (χ1v) is 5.50. The largest absolute Gasteiger partial charge is 0.331 e. The van der Waals surface area contributed by atoms with Gasteiger partial charge in [0.1, 0.15) is 5.82 Å². The molecule has 2 rings (SSSR count). The van der Waals surface area contributed by atoms with E-state index in [1.54, 1.807) is 12.3 Å². The van der Waals surface area contributed by atoms with E-state index in [1.807, 2.05) is 0 Å². The van der Waals surface area contributed by atoms with E-state index >= 15 is 0 Å². The van der Waals surface area contributed by atoms with Crippen molar-refractivity contribution in [1.82, 2.24) is 9.97 Å². The van der Waals surface area contributed by atoms with E-state index in [4.69, 9.17) is 5.73 Å². The van der Waals surface area contributed by atoms with Crippen LogP contribution in [0.15, 0.2) is 30.6 Å². The van der Waals surface area contributed by atoms with E-state index in [0.717, 1.165) is 0 Å². The number of nitrogens with two attached hydrogens (primary N) is 1. The first-order valence-electron chi connectivity index (χ1n) is 5.50. The molecule has 5 nitrogen and oxygen atoms in total. The topological polar surface area (TPSA) is 83.8 Å². The van der Waals surface area contributed by atoms with E-state index in [1.165, 1.54) is 18.3 Å². The zero-order chi connectivity index (χ0) is 13.7. The molecule has 0 aliphatic rings. The fraction of sp³-hybridized carbons (Fsp3) is 0.0769. The Balaban J connectivity index is 2.18. The van der Waals surface area contributed by atoms with Crippen LogP contribution >= 0.6 is 0 Å². The average molecular weight is 258 g/mol. The van der Waals surface area contributed by atoms with Crippen molar-refractivity contribution >= 4 is 11.9 Å². The molecule has 6 heteroatoms. The quantitative estimate of drug-likeness (QED) is 0.705. The van der Waals surface area contributed by atoms with Crippen LogP contribution in [-0.4, -0.2) is 22.4 Å². The minimum Gasteiger partial charge on any atom is -0.331 e. The minimum atomic E-state index is -0.645. The molecule has 0 saturated heterocycles. The summed E-state index contributed by atoms with van der Waals surface area (Å²) in [6.07, 6.45) is 3.04. The standard InChI is InChI=1S/C13H11FN4O/c14-11-8-9(2-1-5-15)3-4-10(11)12(19)18-13-16-6-7-17-13/h3-4,6-8H,5,15H2,(H2,16,17,18,19). The molecule has 1 aromatic carbocycles. The molecule has 1 heterocycles. The Morgan fingerprint density at radius 2 is 2.37 bits per heavy atom. The zero-order valence-electron chi connectivity index (χ0n) is 9.90. The number of imidazole rings is 1. The van der Waals surface area contributed by atoms with Crippen molar-refractivity contribution in [3.05, 3.63) is 47.5 Å². The van der Waals surface area contributed by atoms with E-state index in [2.05, 4.69) is 27.1 Å². The van der Waals surface area contributed by atoms with Crippen LogP contribution in [0.25, 0.3) is 0 Å². The highest BCUT2D eigenvalue weighted by atomic mass is 19.1. The predicted molar refractivity (Wildman–Crippen MR) is 68.9 cm³/mol. The van der Waals surface area contributed by atoms with E-state index in [-0.39, 0.29) is 18.1 Å². The van der Waals surface area contributed by atoms with Gasteiger partial charge in [0.15, 0.2) is 0 Å². The smallest absolute Gasteiger partial charge is 0.260 e. The molecular formula is C13H11FN4O. The summed E-state index contributed by atoms with van der Waals surface area (Å²) in [5, 5.41) is 2.44. The maximum atomic E-state index is 13.8. The highest BCUT2D eigenvalue weighted by Gasteiger charge is 2.12. The van der Waals surface area contributed by atoms with Crippen LogP contribution in [0, 0.1) is 17.7 Å². The van der Waals surface area contributed by atoms with Gasteiger partial charge in [-0.3, -0.25) is 10.1 Å². The van der Waals surface area contributed by atoms with Gasteiger partial charge in [-0.25, -0.2) is 9.37 Å². The highest BCUT2D eigenvalue weighted by Crippen LogP contribution is 2.11. The van der Waals surface area contributed by atoms with Gasteiger partial charge in [-0.05, 0) is 18.2 Å². The lowest BCUT2D eigenvalue weighted by molar-refractivity contribution is 0.102. The van der Waals surface area contributed by atoms with Crippen LogP contribution in [0.4, 0.5) is 10.3 Å². The van der Waals surface area contributed by atoms with Crippen molar-refractivity contribution in [3.8, 4) is 11.8 Å². The van der Waals surface area contributed by atoms with Gasteiger partial charge in [-0.2, -0.15) is 0 Å². The first-order chi connectivity index (χ1) is 9.20. The Hall–Kier alpha value is -2.65. The number of rotatable bonds is 2. The average Bonchev–Trinajstić information content (AvgIpc) is 2.89. The number of carbonyl (C=O) groups excluding carboxylic acids is 1. The van der Waals surface area contributed by atoms with Crippen molar-refractivity contribution in [2.24, 2.45) is 5.73 Å². The number of benzene rings is 1. The maximum absolute atomic E-state index is 13.8. The summed E-state index contributed by atoms with van der Waals surface area (Å²) in [6, 6.07) is 4.12. The van der Waals surface area contributed by atoms with Gasteiger partial charge in [0.2, 0.25) is 5.95 Å². The van der Waals surface area contributed by atoms with Crippen LogP contribution < -0.4 is 11.1 Å². The van der Waals surface area contributed by atoms with Crippen molar-refractivity contribution in [1.29, 1.82) is 0 Å². The molecule has 0 radical (unpaired) electrons. The fourth-order valence-corrected chi connectivity index (χ4v) is 1.44. The zero-order valence-corrected chi connectivity index (χ0v) is 9.90. The van der Waals surface area contributed by atoms with E-state index in [0.29, 0.717) is 5.56 Å². The molecule has 0 aliphatic heterocycles. The van der Waals surface area contributed by atoms with E-state index in [9.17, 15) is 9.18 Å². The number of hydrogen-bond acceptors (Lipinski definition) is 3. The van der Waals surface area contributed by atoms with Crippen molar-refractivity contribution in [2.75, 3.05) is 11.9 Å². The summed E-state index contributed by atoms with van der Waals surface area (Å²) >= 11 is 0. The van der Waals surface area contributed by atoms with Gasteiger partial charge in [-0.1, -0.05) is 11.8 Å². The number of halogens is 1. The SMILES string of the molecule is NCC#Cc1ccc(C(=O)Nc2ncc[nH]2)c(F)c1. The molecule has 1 aromatic heterocycles. The second-order valence-corrected chi connectivity index (χ2v) is 3.59. The van der Waals surface area contributed by atoms with E-state index < -0.39 is 11.7 Å². The van der Waals surface area contributed by atoms with Gasteiger partial charge in [0.05, 0.1) is 12.1 Å². The maximum Gasteiger partial charge on any atom is 0.260 e. The molecule has 4 N–H and O–H groups in total. The highest BCUT2D eigenvalue weighted by molar-refractivity contribution is 6.03. The molecule has 0 fully saturated rings. The fourth-order valence-electron chi connectivity index (χ4n) is 1.44. The summed E-state index contributed by atoms with van der Waals surface area (Å²) < 4.78 is 13.8. The van der Waals surface area contributed by atoms with Crippen molar-refractivity contribution < 1.29 is 9.18 Å². The summed E-state index contributed by atoms with van der Waals surface area (Å²) in [5.74, 6) is 4.34. The van der Waals surface area contributed by atoms with Crippen LogP contribution in [0.5, 0.6) is 0 Å². The third-order valence-corrected chi connectivity index (χ3v) is 2.28. The van der Waals surface area contributed by atoms with Crippen LogP contribution in [-0.2, 0) is 0 Å². The lowest BCUT2D eigenvalue weighted by atomic mass is 10.1. The Bertz CT molecular complexity index is 640. The molecule has 96 valence electrons. The van der Waals surface area contributed by atoms with Gasteiger partial charge in [0, 0.05) is 18.0 Å². The van der Waals surface area contributed by atoms with Gasteiger partial charge < -0.3 is 10.7 Å². The second kappa shape index (κ2) is 5.80. The monoisotopic (exact) mass is 258 g/mol. The molecular weight excluding hydrogens is 247 g/mol. The molecule has 1 amide bonds. The van der Waals surface area contributed by atoms with Gasteiger partial charge >= 0.3 is 0 Å². The third-order valence-electron chi connectivity index (χ3n) is 2.28. The predicted octanol–water partition coefficient (Wildman–Crippen LogP) is 1.11.